The molecule has 1 nitrogen and oxygen atoms in total. The second-order valence-corrected chi connectivity index (χ2v) is 5.64. The van der Waals surface area contributed by atoms with Crippen molar-refractivity contribution in [3.05, 3.63) is 70.8 Å². The third-order valence-corrected chi connectivity index (χ3v) is 3.27. The molecule has 2 aromatic rings. The van der Waals surface area contributed by atoms with Crippen molar-refractivity contribution in [3.63, 3.8) is 0 Å². The molecule has 21 heavy (non-hydrogen) atoms. The average Bonchev–Trinajstić information content (AvgIpc) is 2.43. The van der Waals surface area contributed by atoms with E-state index in [1.807, 2.05) is 12.1 Å². The standard InChI is InChI=1S/C18H18F2O/c1-12(2)9-13-3-6-15(7-4-13)18(21)11-14-5-8-16(19)17(20)10-14/h3-8,10,12H,9,11H2,1-2H3. The Kier molecular flexibility index (Phi) is 4.84. The Labute approximate surface area is 123 Å². The van der Waals surface area contributed by atoms with Crippen LogP contribution in [0.2, 0.25) is 0 Å². The molecule has 0 bridgehead atoms. The number of hydrogen-bond acceptors (Lipinski definition) is 1. The lowest BCUT2D eigenvalue weighted by Crippen LogP contribution is -2.04. The van der Waals surface area contributed by atoms with E-state index in [1.165, 1.54) is 11.6 Å². The number of rotatable bonds is 5. The van der Waals surface area contributed by atoms with Gasteiger partial charge in [0.05, 0.1) is 0 Å². The van der Waals surface area contributed by atoms with Crippen LogP contribution in [0.3, 0.4) is 0 Å². The molecule has 0 amide bonds. The fourth-order valence-electron chi connectivity index (χ4n) is 2.24. The van der Waals surface area contributed by atoms with Gasteiger partial charge in [0.15, 0.2) is 17.4 Å². The summed E-state index contributed by atoms with van der Waals surface area (Å²) in [5.74, 6) is -1.36. The highest BCUT2D eigenvalue weighted by atomic mass is 19.2. The van der Waals surface area contributed by atoms with Crippen molar-refractivity contribution in [3.8, 4) is 0 Å². The lowest BCUT2D eigenvalue weighted by atomic mass is 9.98. The van der Waals surface area contributed by atoms with Crippen molar-refractivity contribution in [2.75, 3.05) is 0 Å². The second-order valence-electron chi connectivity index (χ2n) is 5.64. The van der Waals surface area contributed by atoms with E-state index in [0.717, 1.165) is 18.6 Å². The summed E-state index contributed by atoms with van der Waals surface area (Å²) in [5, 5.41) is 0. The van der Waals surface area contributed by atoms with Gasteiger partial charge in [-0.1, -0.05) is 44.2 Å². The van der Waals surface area contributed by atoms with Crippen molar-refractivity contribution >= 4 is 5.78 Å². The molecule has 0 fully saturated rings. The first-order valence-electron chi connectivity index (χ1n) is 7.02. The molecule has 2 rings (SSSR count). The van der Waals surface area contributed by atoms with Gasteiger partial charge in [0.2, 0.25) is 0 Å². The van der Waals surface area contributed by atoms with Crippen LogP contribution in [0.15, 0.2) is 42.5 Å². The number of carbonyl (C=O) groups excluding carboxylic acids is 1. The van der Waals surface area contributed by atoms with Crippen LogP contribution in [-0.4, -0.2) is 5.78 Å². The molecule has 0 aliphatic heterocycles. The molecule has 0 radical (unpaired) electrons. The third kappa shape index (κ3) is 4.22. The van der Waals surface area contributed by atoms with E-state index in [-0.39, 0.29) is 12.2 Å². The summed E-state index contributed by atoms with van der Waals surface area (Å²) in [6.45, 7) is 4.28. The Hall–Kier alpha value is -2.03. The maximum Gasteiger partial charge on any atom is 0.167 e. The minimum atomic E-state index is -0.924. The molecule has 110 valence electrons. The summed E-state index contributed by atoms with van der Waals surface area (Å²) >= 11 is 0. The molecular formula is C18H18F2O. The van der Waals surface area contributed by atoms with Crippen LogP contribution in [0.1, 0.15) is 35.3 Å². The van der Waals surface area contributed by atoms with Crippen molar-refractivity contribution < 1.29 is 13.6 Å². The SMILES string of the molecule is CC(C)Cc1ccc(C(=O)Cc2ccc(F)c(F)c2)cc1. The summed E-state index contributed by atoms with van der Waals surface area (Å²) in [5.41, 5.74) is 2.26. The molecule has 0 heterocycles. The van der Waals surface area contributed by atoms with Crippen LogP contribution in [0.25, 0.3) is 0 Å². The van der Waals surface area contributed by atoms with Crippen molar-refractivity contribution in [2.24, 2.45) is 5.92 Å². The van der Waals surface area contributed by atoms with Crippen molar-refractivity contribution in [1.29, 1.82) is 0 Å². The monoisotopic (exact) mass is 288 g/mol. The number of ketones is 1. The van der Waals surface area contributed by atoms with Gasteiger partial charge in [0.25, 0.3) is 0 Å². The fraction of sp³-hybridized carbons (Fsp3) is 0.278. The zero-order valence-corrected chi connectivity index (χ0v) is 12.2. The predicted octanol–water partition coefficient (Wildman–Crippen LogP) is 4.59. The van der Waals surface area contributed by atoms with E-state index in [4.69, 9.17) is 0 Å². The number of carbonyl (C=O) groups is 1. The van der Waals surface area contributed by atoms with E-state index in [1.54, 1.807) is 12.1 Å². The van der Waals surface area contributed by atoms with Gasteiger partial charge in [-0.3, -0.25) is 4.79 Å². The Morgan fingerprint density at radius 3 is 2.14 bits per heavy atom. The van der Waals surface area contributed by atoms with E-state index in [2.05, 4.69) is 13.8 Å². The van der Waals surface area contributed by atoms with Gasteiger partial charge < -0.3 is 0 Å². The van der Waals surface area contributed by atoms with E-state index < -0.39 is 11.6 Å². The van der Waals surface area contributed by atoms with E-state index >= 15 is 0 Å². The highest BCUT2D eigenvalue weighted by molar-refractivity contribution is 5.97. The Bertz CT molecular complexity index is 630. The lowest BCUT2D eigenvalue weighted by Gasteiger charge is -2.06. The number of halogens is 2. The van der Waals surface area contributed by atoms with E-state index in [9.17, 15) is 13.6 Å². The van der Waals surface area contributed by atoms with Gasteiger partial charge >= 0.3 is 0 Å². The quantitative estimate of drug-likeness (QED) is 0.735. The lowest BCUT2D eigenvalue weighted by molar-refractivity contribution is 0.0993. The number of hydrogen-bond donors (Lipinski definition) is 0. The minimum absolute atomic E-state index is 0.0702. The zero-order valence-electron chi connectivity index (χ0n) is 12.2. The van der Waals surface area contributed by atoms with Crippen LogP contribution in [0, 0.1) is 17.6 Å². The summed E-state index contributed by atoms with van der Waals surface area (Å²) < 4.78 is 26.0. The second kappa shape index (κ2) is 6.61. The van der Waals surface area contributed by atoms with Gasteiger partial charge in [0, 0.05) is 12.0 Å². The van der Waals surface area contributed by atoms with Crippen LogP contribution >= 0.6 is 0 Å². The van der Waals surface area contributed by atoms with Gasteiger partial charge in [-0.2, -0.15) is 0 Å². The first kappa shape index (κ1) is 15.4. The largest absolute Gasteiger partial charge is 0.294 e. The number of benzene rings is 2. The van der Waals surface area contributed by atoms with Crippen LogP contribution in [0.5, 0.6) is 0 Å². The Morgan fingerprint density at radius 1 is 0.952 bits per heavy atom. The summed E-state index contributed by atoms with van der Waals surface area (Å²) in [6.07, 6.45) is 1.04. The molecule has 3 heteroatoms. The maximum atomic E-state index is 13.1. The topological polar surface area (TPSA) is 17.1 Å². The highest BCUT2D eigenvalue weighted by Gasteiger charge is 2.10. The first-order valence-corrected chi connectivity index (χ1v) is 7.02. The molecule has 0 atom stereocenters. The summed E-state index contributed by atoms with van der Waals surface area (Å²) in [4.78, 5) is 12.1. The first-order chi connectivity index (χ1) is 9.95. The molecule has 0 saturated carbocycles. The van der Waals surface area contributed by atoms with Gasteiger partial charge in [0.1, 0.15) is 0 Å². The predicted molar refractivity (Wildman–Crippen MR) is 79.4 cm³/mol. The molecule has 0 N–H and O–H groups in total. The van der Waals surface area contributed by atoms with E-state index in [0.29, 0.717) is 17.0 Å². The highest BCUT2D eigenvalue weighted by Crippen LogP contribution is 2.14. The molecular weight excluding hydrogens is 270 g/mol. The fourth-order valence-corrected chi connectivity index (χ4v) is 2.24. The summed E-state index contributed by atoms with van der Waals surface area (Å²) in [7, 11) is 0. The van der Waals surface area contributed by atoms with Gasteiger partial charge in [-0.05, 0) is 35.6 Å². The number of Topliss-reactive ketones (excluding diaryl/α,β-unsaturated/α-hetero) is 1. The van der Waals surface area contributed by atoms with Crippen LogP contribution in [-0.2, 0) is 12.8 Å². The van der Waals surface area contributed by atoms with Crippen LogP contribution in [0.4, 0.5) is 8.78 Å². The Morgan fingerprint density at radius 2 is 1.57 bits per heavy atom. The maximum absolute atomic E-state index is 13.1. The molecule has 0 saturated heterocycles. The van der Waals surface area contributed by atoms with Crippen molar-refractivity contribution in [1.82, 2.24) is 0 Å². The van der Waals surface area contributed by atoms with Gasteiger partial charge in [-0.15, -0.1) is 0 Å². The van der Waals surface area contributed by atoms with Gasteiger partial charge in [-0.25, -0.2) is 8.78 Å². The molecule has 2 aromatic carbocycles. The average molecular weight is 288 g/mol. The molecule has 0 aromatic heterocycles. The Balaban J connectivity index is 2.07. The molecule has 0 spiro atoms. The molecule has 0 unspecified atom stereocenters. The normalized spacial score (nSPS) is 10.9. The molecule has 0 aliphatic carbocycles. The molecule has 0 aliphatic rings. The zero-order chi connectivity index (χ0) is 15.4. The minimum Gasteiger partial charge on any atom is -0.294 e. The summed E-state index contributed by atoms with van der Waals surface area (Å²) in [6, 6.07) is 11.0. The third-order valence-electron chi connectivity index (χ3n) is 3.27. The smallest absolute Gasteiger partial charge is 0.167 e. The van der Waals surface area contributed by atoms with Crippen LogP contribution < -0.4 is 0 Å². The van der Waals surface area contributed by atoms with Crippen molar-refractivity contribution in [2.45, 2.75) is 26.7 Å².